The van der Waals surface area contributed by atoms with Gasteiger partial charge in [-0.2, -0.15) is 0 Å². The molecule has 1 atom stereocenters. The van der Waals surface area contributed by atoms with Crippen molar-refractivity contribution in [3.05, 3.63) is 83.0 Å². The fraction of sp³-hybridized carbons (Fsp3) is 0.375. The molecule has 2 fully saturated rings. The largest absolute Gasteiger partial charge is 0.497 e. The van der Waals surface area contributed by atoms with E-state index in [-0.39, 0.29) is 30.3 Å². The summed E-state index contributed by atoms with van der Waals surface area (Å²) in [6.07, 6.45) is 1.88. The lowest BCUT2D eigenvalue weighted by molar-refractivity contribution is -0.128. The highest BCUT2D eigenvalue weighted by Crippen LogP contribution is 2.31. The number of ether oxygens (including phenoxy) is 1. The maximum atomic E-state index is 13.5. The Hall–Kier alpha value is -4.40. The van der Waals surface area contributed by atoms with E-state index in [4.69, 9.17) is 4.74 Å². The zero-order chi connectivity index (χ0) is 29.3. The average Bonchev–Trinajstić information content (AvgIpc) is 3.22. The van der Waals surface area contributed by atoms with Gasteiger partial charge in [-0.3, -0.25) is 19.4 Å². The molecule has 4 amide bonds. The van der Waals surface area contributed by atoms with Crippen molar-refractivity contribution in [3.8, 4) is 5.75 Å². The van der Waals surface area contributed by atoms with E-state index in [9.17, 15) is 14.4 Å². The van der Waals surface area contributed by atoms with Crippen LogP contribution in [0.15, 0.2) is 60.8 Å². The van der Waals surface area contributed by atoms with Crippen molar-refractivity contribution in [2.45, 2.75) is 40.3 Å². The van der Waals surface area contributed by atoms with Crippen LogP contribution in [0.3, 0.4) is 0 Å². The summed E-state index contributed by atoms with van der Waals surface area (Å²) in [5.41, 5.74) is 4.26. The predicted molar refractivity (Wildman–Crippen MR) is 158 cm³/mol. The number of pyridine rings is 1. The molecule has 0 spiro atoms. The van der Waals surface area contributed by atoms with Crippen LogP contribution in [0.5, 0.6) is 5.75 Å². The standard InChI is InChI=1S/C32H37N5O4/c1-21(2)28-31(39)36(20-24-6-12-27(41-5)13-7-24)32(40)37(28)26-10-8-25(9-11-26)30(38)35-16-14-34(15-17-35)29-23(4)18-22(3)19-33-29/h6-13,18-19,21,28H,14-17,20H2,1-5H3. The second kappa shape index (κ2) is 11.6. The minimum atomic E-state index is -0.616. The van der Waals surface area contributed by atoms with Gasteiger partial charge in [-0.15, -0.1) is 0 Å². The van der Waals surface area contributed by atoms with Crippen molar-refractivity contribution >= 4 is 29.4 Å². The lowest BCUT2D eigenvalue weighted by Crippen LogP contribution is -2.49. The van der Waals surface area contributed by atoms with Crippen LogP contribution in [-0.2, 0) is 11.3 Å². The minimum absolute atomic E-state index is 0.0462. The number of urea groups is 1. The summed E-state index contributed by atoms with van der Waals surface area (Å²) in [6.45, 7) is 10.8. The monoisotopic (exact) mass is 555 g/mol. The van der Waals surface area contributed by atoms with Crippen LogP contribution in [0.25, 0.3) is 0 Å². The number of imide groups is 1. The molecule has 0 N–H and O–H groups in total. The first-order valence-corrected chi connectivity index (χ1v) is 14.0. The number of aromatic nitrogens is 1. The fourth-order valence-electron chi connectivity index (χ4n) is 5.63. The van der Waals surface area contributed by atoms with Gasteiger partial charge in [-0.25, -0.2) is 9.78 Å². The van der Waals surface area contributed by atoms with E-state index in [2.05, 4.69) is 22.9 Å². The molecular weight excluding hydrogens is 518 g/mol. The first-order valence-electron chi connectivity index (χ1n) is 14.0. The third-order valence-corrected chi connectivity index (χ3v) is 7.81. The number of methoxy groups -OCH3 is 1. The number of piperazine rings is 1. The van der Waals surface area contributed by atoms with Crippen LogP contribution in [-0.4, -0.2) is 72.0 Å². The van der Waals surface area contributed by atoms with E-state index in [1.54, 1.807) is 36.3 Å². The Morgan fingerprint density at radius 1 is 0.976 bits per heavy atom. The maximum Gasteiger partial charge on any atom is 0.332 e. The van der Waals surface area contributed by atoms with Crippen molar-refractivity contribution in [1.82, 2.24) is 14.8 Å². The van der Waals surface area contributed by atoms with Crippen molar-refractivity contribution in [1.29, 1.82) is 0 Å². The SMILES string of the molecule is COc1ccc(CN2C(=O)C(C(C)C)N(c3ccc(C(=O)N4CCN(c5ncc(C)cc5C)CC4)cc3)C2=O)cc1. The van der Waals surface area contributed by atoms with E-state index in [0.29, 0.717) is 43.2 Å². The zero-order valence-corrected chi connectivity index (χ0v) is 24.3. The van der Waals surface area contributed by atoms with Gasteiger partial charge in [0.1, 0.15) is 17.6 Å². The van der Waals surface area contributed by atoms with Gasteiger partial charge in [0.25, 0.3) is 11.8 Å². The predicted octanol–water partition coefficient (Wildman–Crippen LogP) is 4.66. The van der Waals surface area contributed by atoms with E-state index in [1.165, 1.54) is 4.90 Å². The Bertz CT molecular complexity index is 1430. The summed E-state index contributed by atoms with van der Waals surface area (Å²) in [4.78, 5) is 51.8. The van der Waals surface area contributed by atoms with Gasteiger partial charge in [0, 0.05) is 43.6 Å². The Morgan fingerprint density at radius 2 is 1.63 bits per heavy atom. The Labute approximate surface area is 241 Å². The molecule has 0 saturated carbocycles. The molecule has 0 bridgehead atoms. The molecule has 1 unspecified atom stereocenters. The molecule has 2 aliphatic rings. The number of hydrogen-bond donors (Lipinski definition) is 0. The topological polar surface area (TPSA) is 86.3 Å². The average molecular weight is 556 g/mol. The molecule has 3 heterocycles. The molecule has 2 aromatic carbocycles. The number of anilines is 2. The van der Waals surface area contributed by atoms with Gasteiger partial charge in [0.05, 0.1) is 13.7 Å². The Balaban J connectivity index is 1.27. The Kier molecular flexibility index (Phi) is 7.97. The molecule has 214 valence electrons. The van der Waals surface area contributed by atoms with Crippen molar-refractivity contribution in [2.24, 2.45) is 5.92 Å². The Morgan fingerprint density at radius 3 is 2.22 bits per heavy atom. The molecular formula is C32H37N5O4. The number of carbonyl (C=O) groups excluding carboxylic acids is 3. The normalized spacial score (nSPS) is 17.6. The number of nitrogens with zero attached hydrogens (tertiary/aromatic N) is 5. The van der Waals surface area contributed by atoms with Crippen LogP contribution >= 0.6 is 0 Å². The molecule has 0 radical (unpaired) electrons. The first kappa shape index (κ1) is 28.1. The molecule has 2 saturated heterocycles. The third kappa shape index (κ3) is 5.62. The van der Waals surface area contributed by atoms with Gasteiger partial charge < -0.3 is 14.5 Å². The molecule has 41 heavy (non-hydrogen) atoms. The molecule has 5 rings (SSSR count). The van der Waals surface area contributed by atoms with Crippen LogP contribution in [0.2, 0.25) is 0 Å². The molecule has 3 aromatic rings. The fourth-order valence-corrected chi connectivity index (χ4v) is 5.63. The van der Waals surface area contributed by atoms with Crippen LogP contribution < -0.4 is 14.5 Å². The van der Waals surface area contributed by atoms with E-state index in [1.807, 2.05) is 56.1 Å². The summed E-state index contributed by atoms with van der Waals surface area (Å²) in [5, 5.41) is 0. The molecule has 1 aromatic heterocycles. The van der Waals surface area contributed by atoms with Crippen LogP contribution in [0.1, 0.15) is 40.9 Å². The van der Waals surface area contributed by atoms with Gasteiger partial charge >= 0.3 is 6.03 Å². The lowest BCUT2D eigenvalue weighted by atomic mass is 10.0. The maximum absolute atomic E-state index is 13.5. The second-order valence-corrected chi connectivity index (χ2v) is 11.1. The summed E-state index contributed by atoms with van der Waals surface area (Å²) in [7, 11) is 1.59. The van der Waals surface area contributed by atoms with Gasteiger partial charge in [0.2, 0.25) is 0 Å². The zero-order valence-electron chi connectivity index (χ0n) is 24.3. The smallest absolute Gasteiger partial charge is 0.332 e. The summed E-state index contributed by atoms with van der Waals surface area (Å²) >= 11 is 0. The number of amides is 4. The second-order valence-electron chi connectivity index (χ2n) is 11.1. The van der Waals surface area contributed by atoms with Crippen LogP contribution in [0, 0.1) is 19.8 Å². The highest BCUT2D eigenvalue weighted by molar-refractivity contribution is 6.14. The lowest BCUT2D eigenvalue weighted by Gasteiger charge is -2.36. The van der Waals surface area contributed by atoms with E-state index >= 15 is 0 Å². The van der Waals surface area contributed by atoms with E-state index < -0.39 is 6.04 Å². The van der Waals surface area contributed by atoms with Crippen molar-refractivity contribution < 1.29 is 19.1 Å². The van der Waals surface area contributed by atoms with Crippen molar-refractivity contribution in [3.63, 3.8) is 0 Å². The highest BCUT2D eigenvalue weighted by atomic mass is 16.5. The molecule has 0 aliphatic carbocycles. The number of rotatable bonds is 7. The van der Waals surface area contributed by atoms with Crippen molar-refractivity contribution in [2.75, 3.05) is 43.1 Å². The molecule has 9 heteroatoms. The minimum Gasteiger partial charge on any atom is -0.497 e. The molecule has 2 aliphatic heterocycles. The number of aryl methyl sites for hydroxylation is 2. The summed E-state index contributed by atoms with van der Waals surface area (Å²) in [6, 6.07) is 15.5. The van der Waals surface area contributed by atoms with Crippen LogP contribution in [0.4, 0.5) is 16.3 Å². The van der Waals surface area contributed by atoms with E-state index in [0.717, 1.165) is 22.5 Å². The summed E-state index contributed by atoms with van der Waals surface area (Å²) < 4.78 is 5.21. The first-order chi connectivity index (χ1) is 19.7. The van der Waals surface area contributed by atoms with Gasteiger partial charge in [-0.05, 0) is 72.9 Å². The number of benzene rings is 2. The number of hydrogen-bond acceptors (Lipinski definition) is 6. The number of carbonyl (C=O) groups is 3. The molecule has 9 nitrogen and oxygen atoms in total. The quantitative estimate of drug-likeness (QED) is 0.394. The van der Waals surface area contributed by atoms with Gasteiger partial charge in [-0.1, -0.05) is 32.0 Å². The highest BCUT2D eigenvalue weighted by Gasteiger charge is 2.47. The summed E-state index contributed by atoms with van der Waals surface area (Å²) in [5.74, 6) is 1.32. The third-order valence-electron chi connectivity index (χ3n) is 7.81. The van der Waals surface area contributed by atoms with Gasteiger partial charge in [0.15, 0.2) is 0 Å².